The smallest absolute Gasteiger partial charge is 0.269 e. The molecule has 0 saturated heterocycles. The number of nitrogens with zero attached hydrogens (tertiary/aromatic N) is 1. The van der Waals surface area contributed by atoms with Gasteiger partial charge in [-0.2, -0.15) is 0 Å². The van der Waals surface area contributed by atoms with Crippen LogP contribution in [-0.4, -0.2) is 4.92 Å². The van der Waals surface area contributed by atoms with Gasteiger partial charge in [0.25, 0.3) is 5.69 Å². The highest BCUT2D eigenvalue weighted by Gasteiger charge is 2.10. The van der Waals surface area contributed by atoms with Gasteiger partial charge >= 0.3 is 0 Å². The van der Waals surface area contributed by atoms with E-state index in [0.717, 1.165) is 3.57 Å². The number of nitro benzene ring substituents is 1. The molecular weight excluding hydrogens is 381 g/mol. The van der Waals surface area contributed by atoms with E-state index in [2.05, 4.69) is 22.6 Å². The molecule has 0 amide bonds. The highest BCUT2D eigenvalue weighted by molar-refractivity contribution is 14.1. The highest BCUT2D eigenvalue weighted by atomic mass is 127. The zero-order chi connectivity index (χ0) is 13.8. The second-order valence-corrected chi connectivity index (χ2v) is 5.43. The van der Waals surface area contributed by atoms with Gasteiger partial charge in [0.2, 0.25) is 0 Å². The summed E-state index contributed by atoms with van der Waals surface area (Å²) in [5.74, 6) is 0.703. The van der Waals surface area contributed by atoms with Crippen LogP contribution in [-0.2, 0) is 6.61 Å². The summed E-state index contributed by atoms with van der Waals surface area (Å²) in [4.78, 5) is 10.3. The van der Waals surface area contributed by atoms with Crippen LogP contribution in [0.15, 0.2) is 42.5 Å². The second-order valence-electron chi connectivity index (χ2n) is 3.78. The Morgan fingerprint density at radius 2 is 2.05 bits per heavy atom. The van der Waals surface area contributed by atoms with E-state index in [1.165, 1.54) is 18.2 Å². The van der Waals surface area contributed by atoms with Crippen LogP contribution in [0.5, 0.6) is 5.75 Å². The number of halogens is 2. The van der Waals surface area contributed by atoms with Crippen LogP contribution in [0.25, 0.3) is 0 Å². The van der Waals surface area contributed by atoms with Gasteiger partial charge in [0, 0.05) is 26.3 Å². The first-order valence-electron chi connectivity index (χ1n) is 5.37. The zero-order valence-electron chi connectivity index (χ0n) is 9.68. The molecule has 0 spiro atoms. The first kappa shape index (κ1) is 14.1. The van der Waals surface area contributed by atoms with Gasteiger partial charge in [-0.05, 0) is 46.9 Å². The van der Waals surface area contributed by atoms with Gasteiger partial charge in [0.1, 0.15) is 12.4 Å². The molecule has 2 rings (SSSR count). The molecule has 2 aromatic rings. The van der Waals surface area contributed by atoms with E-state index in [9.17, 15) is 10.1 Å². The van der Waals surface area contributed by atoms with E-state index in [-0.39, 0.29) is 12.3 Å². The predicted octanol–water partition coefficient (Wildman–Crippen LogP) is 4.43. The lowest BCUT2D eigenvalue weighted by molar-refractivity contribution is -0.384. The van der Waals surface area contributed by atoms with E-state index < -0.39 is 4.92 Å². The predicted molar refractivity (Wildman–Crippen MR) is 81.6 cm³/mol. The number of hydrogen-bond donors (Lipinski definition) is 0. The molecule has 0 aliphatic carbocycles. The van der Waals surface area contributed by atoms with Crippen LogP contribution in [0.1, 0.15) is 5.56 Å². The second kappa shape index (κ2) is 6.21. The average Bonchev–Trinajstić information content (AvgIpc) is 2.37. The Morgan fingerprint density at radius 3 is 2.74 bits per heavy atom. The third-order valence-electron chi connectivity index (χ3n) is 2.43. The van der Waals surface area contributed by atoms with Gasteiger partial charge in [-0.1, -0.05) is 17.7 Å². The molecule has 0 bridgehead atoms. The van der Waals surface area contributed by atoms with Crippen molar-refractivity contribution in [2.45, 2.75) is 6.61 Å². The molecule has 6 heteroatoms. The Kier molecular flexibility index (Phi) is 4.60. The minimum atomic E-state index is -0.453. The van der Waals surface area contributed by atoms with Crippen molar-refractivity contribution in [3.63, 3.8) is 0 Å². The topological polar surface area (TPSA) is 52.4 Å². The fraction of sp³-hybridized carbons (Fsp3) is 0.0769. The lowest BCUT2D eigenvalue weighted by Gasteiger charge is -2.08. The molecule has 0 fully saturated rings. The summed E-state index contributed by atoms with van der Waals surface area (Å²) in [5, 5.41) is 11.2. The normalized spacial score (nSPS) is 10.2. The summed E-state index contributed by atoms with van der Waals surface area (Å²) in [6.07, 6.45) is 0. The Labute approximate surface area is 128 Å². The Hall–Kier alpha value is -1.34. The number of non-ortho nitro benzene ring substituents is 1. The summed E-state index contributed by atoms with van der Waals surface area (Å²) in [6.45, 7) is 0.195. The largest absolute Gasteiger partial charge is 0.489 e. The summed E-state index contributed by atoms with van der Waals surface area (Å²) in [7, 11) is 0. The van der Waals surface area contributed by atoms with Gasteiger partial charge in [-0.25, -0.2) is 0 Å². The van der Waals surface area contributed by atoms with Crippen LogP contribution >= 0.6 is 34.2 Å². The molecule has 98 valence electrons. The van der Waals surface area contributed by atoms with Crippen molar-refractivity contribution < 1.29 is 9.66 Å². The summed E-state index contributed by atoms with van der Waals surface area (Å²) >= 11 is 8.18. The van der Waals surface area contributed by atoms with Crippen LogP contribution < -0.4 is 4.74 Å². The molecule has 0 heterocycles. The molecule has 0 unspecified atom stereocenters. The maximum atomic E-state index is 10.7. The third-order valence-corrected chi connectivity index (χ3v) is 3.47. The summed E-state index contributed by atoms with van der Waals surface area (Å²) < 4.78 is 6.63. The Morgan fingerprint density at radius 1 is 1.26 bits per heavy atom. The van der Waals surface area contributed by atoms with Crippen molar-refractivity contribution >= 4 is 39.9 Å². The molecule has 0 atom stereocenters. The molecular formula is C13H9ClINO3. The molecule has 4 nitrogen and oxygen atoms in total. The number of nitro groups is 1. The molecule has 0 radical (unpaired) electrons. The fourth-order valence-electron chi connectivity index (χ4n) is 1.50. The first-order chi connectivity index (χ1) is 9.06. The van der Waals surface area contributed by atoms with Gasteiger partial charge in [0.15, 0.2) is 0 Å². The molecule has 0 aromatic heterocycles. The van der Waals surface area contributed by atoms with Crippen molar-refractivity contribution in [3.05, 3.63) is 66.7 Å². The molecule has 2 aromatic carbocycles. The highest BCUT2D eigenvalue weighted by Crippen LogP contribution is 2.24. The minimum absolute atomic E-state index is 0.00522. The molecule has 0 aliphatic heterocycles. The van der Waals surface area contributed by atoms with Gasteiger partial charge < -0.3 is 4.74 Å². The van der Waals surface area contributed by atoms with Gasteiger partial charge in [-0.3, -0.25) is 10.1 Å². The quantitative estimate of drug-likeness (QED) is 0.441. The zero-order valence-corrected chi connectivity index (χ0v) is 12.6. The Balaban J connectivity index is 2.15. The van der Waals surface area contributed by atoms with E-state index in [1.54, 1.807) is 0 Å². The molecule has 0 saturated carbocycles. The van der Waals surface area contributed by atoms with E-state index in [4.69, 9.17) is 16.3 Å². The maximum absolute atomic E-state index is 10.7. The summed E-state index contributed by atoms with van der Waals surface area (Å²) in [6, 6.07) is 11.8. The van der Waals surface area contributed by atoms with Gasteiger partial charge in [-0.15, -0.1) is 0 Å². The monoisotopic (exact) mass is 389 g/mol. The first-order valence-corrected chi connectivity index (χ1v) is 6.83. The number of ether oxygens (including phenoxy) is 1. The SMILES string of the molecule is O=[N+]([O-])c1ccc(Cl)c(COc2cccc(I)c2)c1. The van der Waals surface area contributed by atoms with Crippen molar-refractivity contribution in [2.75, 3.05) is 0 Å². The maximum Gasteiger partial charge on any atom is 0.269 e. The molecule has 0 N–H and O–H groups in total. The van der Waals surface area contributed by atoms with Crippen LogP contribution in [0.3, 0.4) is 0 Å². The Bertz CT molecular complexity index is 619. The molecule has 19 heavy (non-hydrogen) atoms. The number of hydrogen-bond acceptors (Lipinski definition) is 3. The standard InChI is InChI=1S/C13H9ClINO3/c14-13-5-4-11(16(17)18)6-9(13)8-19-12-3-1-2-10(15)7-12/h1-7H,8H2. The van der Waals surface area contributed by atoms with Crippen LogP contribution in [0.4, 0.5) is 5.69 Å². The van der Waals surface area contributed by atoms with Crippen LogP contribution in [0, 0.1) is 13.7 Å². The summed E-state index contributed by atoms with van der Waals surface area (Å²) in [5.41, 5.74) is 0.598. The average molecular weight is 390 g/mol. The number of benzene rings is 2. The lowest BCUT2D eigenvalue weighted by atomic mass is 10.2. The van der Waals surface area contributed by atoms with E-state index in [1.807, 2.05) is 24.3 Å². The van der Waals surface area contributed by atoms with Crippen molar-refractivity contribution in [1.29, 1.82) is 0 Å². The van der Waals surface area contributed by atoms with E-state index in [0.29, 0.717) is 16.3 Å². The lowest BCUT2D eigenvalue weighted by Crippen LogP contribution is -1.98. The van der Waals surface area contributed by atoms with E-state index >= 15 is 0 Å². The van der Waals surface area contributed by atoms with Crippen molar-refractivity contribution in [1.82, 2.24) is 0 Å². The van der Waals surface area contributed by atoms with Crippen molar-refractivity contribution in [3.8, 4) is 5.75 Å². The van der Waals surface area contributed by atoms with Gasteiger partial charge in [0.05, 0.1) is 4.92 Å². The number of rotatable bonds is 4. The van der Waals surface area contributed by atoms with Crippen LogP contribution in [0.2, 0.25) is 5.02 Å². The fourth-order valence-corrected chi connectivity index (χ4v) is 2.19. The minimum Gasteiger partial charge on any atom is -0.489 e. The molecule has 0 aliphatic rings. The third kappa shape index (κ3) is 3.81. The van der Waals surface area contributed by atoms with Crippen molar-refractivity contribution in [2.24, 2.45) is 0 Å².